The van der Waals surface area contributed by atoms with E-state index in [4.69, 9.17) is 10.5 Å². The topological polar surface area (TPSA) is 48.1 Å². The number of anilines is 1. The van der Waals surface area contributed by atoms with E-state index in [0.29, 0.717) is 12.0 Å². The van der Waals surface area contributed by atoms with Crippen molar-refractivity contribution in [1.29, 1.82) is 0 Å². The van der Waals surface area contributed by atoms with Crippen LogP contribution in [0.15, 0.2) is 30.5 Å². The molecule has 0 saturated heterocycles. The van der Waals surface area contributed by atoms with Crippen molar-refractivity contribution in [3.8, 4) is 0 Å². The predicted molar refractivity (Wildman–Crippen MR) is 79.9 cm³/mol. The van der Waals surface area contributed by atoms with Gasteiger partial charge in [-0.15, -0.1) is 0 Å². The molecule has 102 valence electrons. The number of nitrogen functional groups attached to an aromatic ring is 1. The fraction of sp³-hybridized carbons (Fsp3) is 0.438. The van der Waals surface area contributed by atoms with Gasteiger partial charge in [0.2, 0.25) is 0 Å². The summed E-state index contributed by atoms with van der Waals surface area (Å²) < 4.78 is 5.76. The maximum atomic E-state index is 5.96. The molecule has 0 atom stereocenters. The lowest BCUT2D eigenvalue weighted by molar-refractivity contribution is 0.0968. The highest BCUT2D eigenvalue weighted by molar-refractivity contribution is 5.92. The Balaban J connectivity index is 2.07. The van der Waals surface area contributed by atoms with Gasteiger partial charge in [0.05, 0.1) is 12.1 Å². The summed E-state index contributed by atoms with van der Waals surface area (Å²) in [6.07, 6.45) is 2.84. The lowest BCUT2D eigenvalue weighted by Gasteiger charge is -2.17. The van der Waals surface area contributed by atoms with Gasteiger partial charge in [0.1, 0.15) is 0 Å². The molecule has 1 aromatic heterocycles. The lowest BCUT2D eigenvalue weighted by atomic mass is 9.93. The maximum absolute atomic E-state index is 5.96. The van der Waals surface area contributed by atoms with Crippen LogP contribution in [0.25, 0.3) is 10.9 Å². The second-order valence-corrected chi connectivity index (χ2v) is 6.08. The minimum atomic E-state index is 0.307. The molecular weight excluding hydrogens is 236 g/mol. The number of fused-ring (bicyclic) bond motifs is 1. The number of pyridine rings is 1. The SMILES string of the molecule is CC(C)(C)CCOCc1ccc(N)c2cccnc12. The van der Waals surface area contributed by atoms with E-state index < -0.39 is 0 Å². The van der Waals surface area contributed by atoms with Crippen molar-refractivity contribution in [2.45, 2.75) is 33.8 Å². The van der Waals surface area contributed by atoms with E-state index in [9.17, 15) is 0 Å². The summed E-state index contributed by atoms with van der Waals surface area (Å²) in [6, 6.07) is 7.83. The predicted octanol–water partition coefficient (Wildman–Crippen LogP) is 3.77. The van der Waals surface area contributed by atoms with Gasteiger partial charge in [0.25, 0.3) is 0 Å². The Morgan fingerprint density at radius 3 is 2.74 bits per heavy atom. The first-order valence-corrected chi connectivity index (χ1v) is 6.67. The summed E-state index contributed by atoms with van der Waals surface area (Å²) >= 11 is 0. The number of rotatable bonds is 4. The molecule has 0 amide bonds. The van der Waals surface area contributed by atoms with Gasteiger partial charge < -0.3 is 10.5 Å². The van der Waals surface area contributed by atoms with E-state index in [1.807, 2.05) is 24.3 Å². The minimum Gasteiger partial charge on any atom is -0.398 e. The summed E-state index contributed by atoms with van der Waals surface area (Å²) in [5.74, 6) is 0. The van der Waals surface area contributed by atoms with Crippen LogP contribution in [0, 0.1) is 5.41 Å². The van der Waals surface area contributed by atoms with Crippen molar-refractivity contribution in [2.24, 2.45) is 5.41 Å². The number of aromatic nitrogens is 1. The van der Waals surface area contributed by atoms with E-state index in [1.54, 1.807) is 6.20 Å². The summed E-state index contributed by atoms with van der Waals surface area (Å²) in [4.78, 5) is 4.41. The van der Waals surface area contributed by atoms with Gasteiger partial charge in [0.15, 0.2) is 0 Å². The van der Waals surface area contributed by atoms with E-state index in [1.165, 1.54) is 0 Å². The Kier molecular flexibility index (Phi) is 4.05. The zero-order valence-corrected chi connectivity index (χ0v) is 11.9. The third-order valence-electron chi connectivity index (χ3n) is 3.14. The molecule has 2 aromatic rings. The van der Waals surface area contributed by atoms with Crippen molar-refractivity contribution in [1.82, 2.24) is 4.98 Å². The highest BCUT2D eigenvalue weighted by atomic mass is 16.5. The van der Waals surface area contributed by atoms with Crippen LogP contribution in [0.3, 0.4) is 0 Å². The molecule has 0 radical (unpaired) electrons. The summed E-state index contributed by atoms with van der Waals surface area (Å²) in [7, 11) is 0. The van der Waals surface area contributed by atoms with Crippen LogP contribution in [0.2, 0.25) is 0 Å². The van der Waals surface area contributed by atoms with Crippen molar-refractivity contribution in [3.05, 3.63) is 36.0 Å². The molecule has 0 aliphatic carbocycles. The van der Waals surface area contributed by atoms with Gasteiger partial charge in [-0.05, 0) is 30.0 Å². The van der Waals surface area contributed by atoms with Crippen LogP contribution in [0.1, 0.15) is 32.8 Å². The van der Waals surface area contributed by atoms with Crippen LogP contribution in [0.4, 0.5) is 5.69 Å². The molecular formula is C16H22N2O. The molecule has 0 aliphatic rings. The highest BCUT2D eigenvalue weighted by Crippen LogP contribution is 2.23. The molecule has 0 spiro atoms. The van der Waals surface area contributed by atoms with E-state index in [0.717, 1.165) is 35.2 Å². The minimum absolute atomic E-state index is 0.307. The monoisotopic (exact) mass is 258 g/mol. The molecule has 3 heteroatoms. The first-order valence-electron chi connectivity index (χ1n) is 6.67. The first kappa shape index (κ1) is 13.8. The Morgan fingerprint density at radius 2 is 2.00 bits per heavy atom. The van der Waals surface area contributed by atoms with Gasteiger partial charge in [-0.25, -0.2) is 0 Å². The quantitative estimate of drug-likeness (QED) is 0.671. The van der Waals surface area contributed by atoms with Crippen LogP contribution in [-0.4, -0.2) is 11.6 Å². The number of hydrogen-bond donors (Lipinski definition) is 1. The summed E-state index contributed by atoms with van der Waals surface area (Å²) in [5, 5.41) is 0.999. The van der Waals surface area contributed by atoms with E-state index in [-0.39, 0.29) is 0 Å². The van der Waals surface area contributed by atoms with Crippen LogP contribution < -0.4 is 5.73 Å². The first-order chi connectivity index (χ1) is 8.97. The molecule has 1 heterocycles. The third-order valence-corrected chi connectivity index (χ3v) is 3.14. The molecule has 2 rings (SSSR count). The van der Waals surface area contributed by atoms with Gasteiger partial charge in [-0.2, -0.15) is 0 Å². The Bertz CT molecular complexity index is 558. The number of ether oxygens (including phenoxy) is 1. The smallest absolute Gasteiger partial charge is 0.0777 e. The largest absolute Gasteiger partial charge is 0.398 e. The van der Waals surface area contributed by atoms with Crippen molar-refractivity contribution in [2.75, 3.05) is 12.3 Å². The van der Waals surface area contributed by atoms with Gasteiger partial charge in [-0.3, -0.25) is 4.98 Å². The average molecular weight is 258 g/mol. The molecule has 19 heavy (non-hydrogen) atoms. The molecule has 0 saturated carbocycles. The van der Waals surface area contributed by atoms with Crippen LogP contribution in [-0.2, 0) is 11.3 Å². The zero-order chi connectivity index (χ0) is 13.9. The fourth-order valence-electron chi connectivity index (χ4n) is 1.93. The summed E-state index contributed by atoms with van der Waals surface area (Å²) in [5.41, 5.74) is 9.07. The molecule has 0 unspecified atom stereocenters. The van der Waals surface area contributed by atoms with Crippen molar-refractivity contribution >= 4 is 16.6 Å². The lowest BCUT2D eigenvalue weighted by Crippen LogP contribution is -2.09. The van der Waals surface area contributed by atoms with Crippen molar-refractivity contribution in [3.63, 3.8) is 0 Å². The van der Waals surface area contributed by atoms with Crippen LogP contribution >= 0.6 is 0 Å². The zero-order valence-electron chi connectivity index (χ0n) is 11.9. The molecule has 1 aromatic carbocycles. The van der Waals surface area contributed by atoms with Gasteiger partial charge in [-0.1, -0.05) is 26.8 Å². The standard InChI is InChI=1S/C16H22N2O/c1-16(2,3)8-10-19-11-12-6-7-14(17)13-5-4-9-18-15(12)13/h4-7,9H,8,10-11,17H2,1-3H3. The second kappa shape index (κ2) is 5.57. The molecule has 0 aliphatic heterocycles. The Morgan fingerprint density at radius 1 is 1.21 bits per heavy atom. The number of hydrogen-bond acceptors (Lipinski definition) is 3. The van der Waals surface area contributed by atoms with Gasteiger partial charge in [0, 0.05) is 29.4 Å². The maximum Gasteiger partial charge on any atom is 0.0777 e. The summed E-state index contributed by atoms with van der Waals surface area (Å²) in [6.45, 7) is 8.01. The molecule has 0 fully saturated rings. The highest BCUT2D eigenvalue weighted by Gasteiger charge is 2.10. The van der Waals surface area contributed by atoms with Crippen LogP contribution in [0.5, 0.6) is 0 Å². The van der Waals surface area contributed by atoms with Gasteiger partial charge >= 0.3 is 0 Å². The second-order valence-electron chi connectivity index (χ2n) is 6.08. The molecule has 3 nitrogen and oxygen atoms in total. The Hall–Kier alpha value is -1.61. The normalized spacial score (nSPS) is 11.9. The fourth-order valence-corrected chi connectivity index (χ4v) is 1.93. The van der Waals surface area contributed by atoms with E-state index in [2.05, 4.69) is 25.8 Å². The molecule has 2 N–H and O–H groups in total. The van der Waals surface area contributed by atoms with E-state index >= 15 is 0 Å². The average Bonchev–Trinajstić information content (AvgIpc) is 2.36. The number of nitrogens with zero attached hydrogens (tertiary/aromatic N) is 1. The Labute approximate surface area is 114 Å². The molecule has 0 bridgehead atoms. The number of nitrogens with two attached hydrogens (primary N) is 1. The number of benzene rings is 1. The van der Waals surface area contributed by atoms with Crippen molar-refractivity contribution < 1.29 is 4.74 Å². The third kappa shape index (κ3) is 3.67.